The summed E-state index contributed by atoms with van der Waals surface area (Å²) in [5.41, 5.74) is 0.594. The van der Waals surface area contributed by atoms with E-state index in [0.717, 1.165) is 0 Å². The van der Waals surface area contributed by atoms with Crippen LogP contribution in [0.5, 0.6) is 0 Å². The number of hydrogen-bond donors (Lipinski definition) is 2. The highest BCUT2D eigenvalue weighted by Gasteiger charge is 2.19. The van der Waals surface area contributed by atoms with Crippen LogP contribution in [0.15, 0.2) is 16.7 Å². The van der Waals surface area contributed by atoms with Gasteiger partial charge in [-0.3, -0.25) is 4.79 Å². The highest BCUT2D eigenvalue weighted by atomic mass is 16.3. The van der Waals surface area contributed by atoms with Gasteiger partial charge in [-0.15, -0.1) is 0 Å². The van der Waals surface area contributed by atoms with Crippen molar-refractivity contribution in [3.63, 3.8) is 0 Å². The third kappa shape index (κ3) is 3.60. The van der Waals surface area contributed by atoms with E-state index >= 15 is 0 Å². The van der Waals surface area contributed by atoms with Crippen LogP contribution in [0.25, 0.3) is 0 Å². The van der Waals surface area contributed by atoms with Crippen molar-refractivity contribution in [2.45, 2.75) is 39.7 Å². The molecule has 0 aliphatic rings. The molecule has 4 heteroatoms. The van der Waals surface area contributed by atoms with E-state index in [2.05, 4.69) is 5.32 Å². The smallest absolute Gasteiger partial charge is 0.255 e. The number of carbonyl (C=O) groups is 1. The summed E-state index contributed by atoms with van der Waals surface area (Å²) in [4.78, 5) is 12.0. The van der Waals surface area contributed by atoms with Gasteiger partial charge in [-0.2, -0.15) is 0 Å². The van der Waals surface area contributed by atoms with Crippen molar-refractivity contribution >= 4 is 5.91 Å². The second-order valence-electron chi connectivity index (χ2n) is 4.45. The minimum atomic E-state index is -0.122. The van der Waals surface area contributed by atoms with Gasteiger partial charge >= 0.3 is 0 Å². The van der Waals surface area contributed by atoms with Gasteiger partial charge in [0.25, 0.3) is 5.91 Å². The molecule has 1 aromatic heterocycles. The molecule has 0 aliphatic heterocycles. The third-order valence-electron chi connectivity index (χ3n) is 2.87. The van der Waals surface area contributed by atoms with Crippen molar-refractivity contribution in [2.75, 3.05) is 6.61 Å². The maximum atomic E-state index is 12.0. The summed E-state index contributed by atoms with van der Waals surface area (Å²) in [5, 5.41) is 11.9. The molecule has 2 N–H and O–H groups in total. The van der Waals surface area contributed by atoms with Crippen LogP contribution in [0.1, 0.15) is 43.3 Å². The van der Waals surface area contributed by atoms with Crippen molar-refractivity contribution in [3.05, 3.63) is 23.7 Å². The molecule has 1 unspecified atom stereocenters. The van der Waals surface area contributed by atoms with Gasteiger partial charge in [-0.25, -0.2) is 0 Å². The van der Waals surface area contributed by atoms with Crippen molar-refractivity contribution in [1.29, 1.82) is 0 Å². The number of aliphatic hydroxyl groups is 1. The first-order valence-electron chi connectivity index (χ1n) is 6.08. The van der Waals surface area contributed by atoms with E-state index in [9.17, 15) is 4.79 Å². The van der Waals surface area contributed by atoms with Gasteiger partial charge in [0, 0.05) is 19.1 Å². The topological polar surface area (TPSA) is 62.5 Å². The van der Waals surface area contributed by atoms with E-state index in [1.807, 2.05) is 20.8 Å². The lowest BCUT2D eigenvalue weighted by atomic mass is 10.0. The van der Waals surface area contributed by atoms with Gasteiger partial charge in [0.15, 0.2) is 0 Å². The average molecular weight is 239 g/mol. The minimum Gasteiger partial charge on any atom is -0.469 e. The van der Waals surface area contributed by atoms with Crippen LogP contribution >= 0.6 is 0 Å². The minimum absolute atomic E-state index is 0.00731. The van der Waals surface area contributed by atoms with Gasteiger partial charge in [0.05, 0.1) is 11.8 Å². The predicted molar refractivity (Wildman–Crippen MR) is 65.9 cm³/mol. The summed E-state index contributed by atoms with van der Waals surface area (Å²) >= 11 is 0. The van der Waals surface area contributed by atoms with Gasteiger partial charge in [-0.05, 0) is 18.4 Å². The Labute approximate surface area is 102 Å². The molecule has 1 heterocycles. The predicted octanol–water partition coefficient (Wildman–Crippen LogP) is 1.98. The summed E-state index contributed by atoms with van der Waals surface area (Å²) < 4.78 is 5.23. The summed E-state index contributed by atoms with van der Waals surface area (Å²) in [6, 6.07) is 1.68. The highest BCUT2D eigenvalue weighted by molar-refractivity contribution is 5.95. The molecule has 0 radical (unpaired) electrons. The zero-order valence-electron chi connectivity index (χ0n) is 10.7. The van der Waals surface area contributed by atoms with E-state index in [0.29, 0.717) is 30.1 Å². The number of furan rings is 1. The van der Waals surface area contributed by atoms with Crippen LogP contribution in [0.4, 0.5) is 0 Å². The Bertz CT molecular complexity index is 357. The third-order valence-corrected chi connectivity index (χ3v) is 2.87. The van der Waals surface area contributed by atoms with Gasteiger partial charge in [0.1, 0.15) is 5.76 Å². The molecule has 0 aliphatic carbocycles. The van der Waals surface area contributed by atoms with Crippen molar-refractivity contribution < 1.29 is 14.3 Å². The molecule has 96 valence electrons. The Balaban J connectivity index is 2.70. The summed E-state index contributed by atoms with van der Waals surface area (Å²) in [6.07, 6.45) is 2.80. The number of amides is 1. The molecule has 4 nitrogen and oxygen atoms in total. The van der Waals surface area contributed by atoms with Gasteiger partial charge < -0.3 is 14.8 Å². The number of aliphatic hydroxyl groups excluding tert-OH is 1. The number of carbonyl (C=O) groups excluding carboxylic acids is 1. The van der Waals surface area contributed by atoms with Crippen LogP contribution in [-0.2, 0) is 6.42 Å². The van der Waals surface area contributed by atoms with E-state index in [4.69, 9.17) is 9.52 Å². The molecular weight excluding hydrogens is 218 g/mol. The summed E-state index contributed by atoms with van der Waals surface area (Å²) in [7, 11) is 0. The molecule has 1 aromatic rings. The second-order valence-corrected chi connectivity index (χ2v) is 4.45. The Morgan fingerprint density at radius 2 is 2.24 bits per heavy atom. The van der Waals surface area contributed by atoms with Crippen LogP contribution < -0.4 is 5.32 Å². The van der Waals surface area contributed by atoms with Crippen LogP contribution in [-0.4, -0.2) is 23.7 Å². The first-order chi connectivity index (χ1) is 8.10. The molecule has 0 saturated heterocycles. The van der Waals surface area contributed by atoms with E-state index in [-0.39, 0.29) is 18.6 Å². The first-order valence-corrected chi connectivity index (χ1v) is 6.08. The Kier molecular flexibility index (Phi) is 5.22. The Morgan fingerprint density at radius 3 is 2.76 bits per heavy atom. The van der Waals surface area contributed by atoms with Crippen molar-refractivity contribution in [3.8, 4) is 0 Å². The molecule has 1 atom stereocenters. The normalized spacial score (nSPS) is 12.8. The standard InChI is InChI=1S/C13H21NO3/c1-4-12-10(6-8-17-12)13(16)14-11(5-7-15)9(2)3/h6,8-9,11,15H,4-5,7H2,1-3H3,(H,14,16). The molecule has 1 amide bonds. The van der Waals surface area contributed by atoms with Crippen LogP contribution in [0.2, 0.25) is 0 Å². The Hall–Kier alpha value is -1.29. The highest BCUT2D eigenvalue weighted by Crippen LogP contribution is 2.13. The molecule has 0 saturated carbocycles. The molecule has 1 rings (SSSR count). The molecule has 0 bridgehead atoms. The first kappa shape index (κ1) is 13.8. The lowest BCUT2D eigenvalue weighted by molar-refractivity contribution is 0.0914. The maximum absolute atomic E-state index is 12.0. The molecule has 17 heavy (non-hydrogen) atoms. The van der Waals surface area contributed by atoms with Gasteiger partial charge in [0.2, 0.25) is 0 Å². The molecule has 0 spiro atoms. The van der Waals surface area contributed by atoms with Crippen LogP contribution in [0.3, 0.4) is 0 Å². The monoisotopic (exact) mass is 239 g/mol. The zero-order valence-corrected chi connectivity index (χ0v) is 10.7. The molecular formula is C13H21NO3. The number of hydrogen-bond acceptors (Lipinski definition) is 3. The Morgan fingerprint density at radius 1 is 1.53 bits per heavy atom. The van der Waals surface area contributed by atoms with Gasteiger partial charge in [-0.1, -0.05) is 20.8 Å². The number of aryl methyl sites for hydroxylation is 1. The quantitative estimate of drug-likeness (QED) is 0.798. The van der Waals surface area contributed by atoms with Crippen molar-refractivity contribution in [1.82, 2.24) is 5.32 Å². The fourth-order valence-corrected chi connectivity index (χ4v) is 1.77. The van der Waals surface area contributed by atoms with E-state index < -0.39 is 0 Å². The largest absolute Gasteiger partial charge is 0.469 e. The summed E-state index contributed by atoms with van der Waals surface area (Å²) in [6.45, 7) is 6.08. The second kappa shape index (κ2) is 6.45. The molecule has 0 aromatic carbocycles. The number of rotatable bonds is 6. The lowest BCUT2D eigenvalue weighted by Gasteiger charge is -2.21. The maximum Gasteiger partial charge on any atom is 0.255 e. The van der Waals surface area contributed by atoms with E-state index in [1.165, 1.54) is 6.26 Å². The fourth-order valence-electron chi connectivity index (χ4n) is 1.77. The summed E-state index contributed by atoms with van der Waals surface area (Å²) in [5.74, 6) is 0.875. The fraction of sp³-hybridized carbons (Fsp3) is 0.615. The zero-order chi connectivity index (χ0) is 12.8. The molecule has 0 fully saturated rings. The van der Waals surface area contributed by atoms with E-state index in [1.54, 1.807) is 6.07 Å². The lowest BCUT2D eigenvalue weighted by Crippen LogP contribution is -2.39. The van der Waals surface area contributed by atoms with Crippen molar-refractivity contribution in [2.24, 2.45) is 5.92 Å². The van der Waals surface area contributed by atoms with Crippen LogP contribution in [0, 0.1) is 5.92 Å². The average Bonchev–Trinajstić information content (AvgIpc) is 2.76. The number of nitrogens with one attached hydrogen (secondary N) is 1. The SMILES string of the molecule is CCc1occc1C(=O)NC(CCO)C(C)C.